The smallest absolute Gasteiger partial charge is 0.228 e. The number of benzene rings is 1. The molecular weight excluding hydrogens is 265 g/mol. The predicted octanol–water partition coefficient (Wildman–Crippen LogP) is 2.81. The molecule has 3 rings (SSSR count). The van der Waals surface area contributed by atoms with E-state index in [9.17, 15) is 9.18 Å². The summed E-state index contributed by atoms with van der Waals surface area (Å²) in [6.07, 6.45) is 3.06. The minimum Gasteiger partial charge on any atom is -0.315 e. The molecule has 6 heteroatoms. The molecule has 0 spiro atoms. The van der Waals surface area contributed by atoms with E-state index >= 15 is 0 Å². The summed E-state index contributed by atoms with van der Waals surface area (Å²) in [6, 6.07) is 6.60. The number of carbonyl (C=O) groups excluding carboxylic acids is 1. The average molecular weight is 277 g/mol. The van der Waals surface area contributed by atoms with Gasteiger partial charge in [-0.15, -0.1) is 5.10 Å². The highest BCUT2D eigenvalue weighted by Crippen LogP contribution is 2.42. The van der Waals surface area contributed by atoms with Gasteiger partial charge in [0.15, 0.2) is 0 Å². The Morgan fingerprint density at radius 1 is 1.42 bits per heavy atom. The summed E-state index contributed by atoms with van der Waals surface area (Å²) in [5, 5.41) is 7.12. The second-order valence-electron chi connectivity index (χ2n) is 4.69. The van der Waals surface area contributed by atoms with Crippen LogP contribution >= 0.6 is 11.5 Å². The van der Waals surface area contributed by atoms with Crippen LogP contribution in [0.1, 0.15) is 24.3 Å². The summed E-state index contributed by atoms with van der Waals surface area (Å²) < 4.78 is 16.8. The number of halogens is 1. The lowest BCUT2D eigenvalue weighted by Crippen LogP contribution is -2.33. The highest BCUT2D eigenvalue weighted by atomic mass is 32.1. The molecule has 0 atom stereocenters. The maximum absolute atomic E-state index is 13.1. The van der Waals surface area contributed by atoms with Gasteiger partial charge in [0, 0.05) is 17.5 Å². The molecule has 98 valence electrons. The Morgan fingerprint density at radius 2 is 2.26 bits per heavy atom. The molecule has 19 heavy (non-hydrogen) atoms. The number of hydrogen-bond donors (Lipinski definition) is 1. The van der Waals surface area contributed by atoms with Crippen molar-refractivity contribution in [3.05, 3.63) is 41.8 Å². The summed E-state index contributed by atoms with van der Waals surface area (Å²) >= 11 is 1.16. The van der Waals surface area contributed by atoms with Gasteiger partial charge in [-0.1, -0.05) is 16.6 Å². The van der Waals surface area contributed by atoms with E-state index in [0.717, 1.165) is 29.9 Å². The highest BCUT2D eigenvalue weighted by Gasteiger charge is 2.35. The topological polar surface area (TPSA) is 54.9 Å². The Labute approximate surface area is 113 Å². The van der Waals surface area contributed by atoms with Gasteiger partial charge in [0.25, 0.3) is 0 Å². The van der Waals surface area contributed by atoms with Crippen LogP contribution in [0.3, 0.4) is 0 Å². The third kappa shape index (κ3) is 2.63. The fraction of sp³-hybridized carbons (Fsp3) is 0.308. The minimum atomic E-state index is -0.221. The number of rotatable bonds is 3. The average Bonchev–Trinajstić information content (AvgIpc) is 2.80. The predicted molar refractivity (Wildman–Crippen MR) is 70.4 cm³/mol. The standard InChI is InChI=1S/C13H12FN3OS/c14-11-3-1-2-8(6-11)9-4-10(5-9)13(18)16-12-7-15-17-19-12/h1-3,6-7,9-10H,4-5H2,(H,16,18). The number of anilines is 1. The van der Waals surface area contributed by atoms with E-state index in [4.69, 9.17) is 0 Å². The molecule has 0 aliphatic heterocycles. The monoisotopic (exact) mass is 277 g/mol. The molecule has 1 aromatic carbocycles. The van der Waals surface area contributed by atoms with Gasteiger partial charge >= 0.3 is 0 Å². The SMILES string of the molecule is O=C(Nc1cnns1)C1CC(c2cccc(F)c2)C1. The number of aromatic nitrogens is 2. The van der Waals surface area contributed by atoms with Crippen LogP contribution in [0.25, 0.3) is 0 Å². The van der Waals surface area contributed by atoms with E-state index in [1.807, 2.05) is 6.07 Å². The Kier molecular flexibility index (Phi) is 3.25. The van der Waals surface area contributed by atoms with E-state index in [1.54, 1.807) is 12.1 Å². The molecule has 1 aliphatic carbocycles. The summed E-state index contributed by atoms with van der Waals surface area (Å²) in [6.45, 7) is 0. The van der Waals surface area contributed by atoms with Gasteiger partial charge < -0.3 is 5.32 Å². The fourth-order valence-electron chi connectivity index (χ4n) is 2.31. The van der Waals surface area contributed by atoms with E-state index in [0.29, 0.717) is 5.00 Å². The third-order valence-corrected chi connectivity index (χ3v) is 4.02. The molecule has 0 radical (unpaired) electrons. The fourth-order valence-corrected chi connectivity index (χ4v) is 2.73. The van der Waals surface area contributed by atoms with Crippen molar-refractivity contribution < 1.29 is 9.18 Å². The van der Waals surface area contributed by atoms with Gasteiger partial charge in [-0.25, -0.2) is 4.39 Å². The van der Waals surface area contributed by atoms with Gasteiger partial charge in [-0.2, -0.15) is 0 Å². The second kappa shape index (κ2) is 5.05. The number of nitrogens with zero attached hydrogens (tertiary/aromatic N) is 2. The van der Waals surface area contributed by atoms with Crippen molar-refractivity contribution in [2.24, 2.45) is 5.92 Å². The highest BCUT2D eigenvalue weighted by molar-refractivity contribution is 7.10. The van der Waals surface area contributed by atoms with Crippen LogP contribution in [0.2, 0.25) is 0 Å². The van der Waals surface area contributed by atoms with Crippen molar-refractivity contribution in [1.82, 2.24) is 9.59 Å². The molecule has 1 N–H and O–H groups in total. The first-order chi connectivity index (χ1) is 9.22. The quantitative estimate of drug-likeness (QED) is 0.938. The van der Waals surface area contributed by atoms with Crippen molar-refractivity contribution in [3.63, 3.8) is 0 Å². The van der Waals surface area contributed by atoms with Crippen LogP contribution in [0, 0.1) is 11.7 Å². The zero-order chi connectivity index (χ0) is 13.2. The first-order valence-corrected chi connectivity index (χ1v) is 6.83. The molecule has 0 saturated heterocycles. The summed E-state index contributed by atoms with van der Waals surface area (Å²) in [5.74, 6) is 0.0567. The first-order valence-electron chi connectivity index (χ1n) is 6.06. The number of hydrogen-bond acceptors (Lipinski definition) is 4. The van der Waals surface area contributed by atoms with Gasteiger partial charge in [-0.3, -0.25) is 4.79 Å². The number of carbonyl (C=O) groups is 1. The molecule has 2 aromatic rings. The van der Waals surface area contributed by atoms with Crippen molar-refractivity contribution in [3.8, 4) is 0 Å². The molecule has 1 amide bonds. The van der Waals surface area contributed by atoms with Crippen LogP contribution in [-0.2, 0) is 4.79 Å². The molecule has 0 bridgehead atoms. The first kappa shape index (κ1) is 12.2. The lowest BCUT2D eigenvalue weighted by atomic mass is 9.71. The summed E-state index contributed by atoms with van der Waals surface area (Å²) in [4.78, 5) is 11.9. The van der Waals surface area contributed by atoms with Gasteiger partial charge in [0.2, 0.25) is 5.91 Å². The van der Waals surface area contributed by atoms with Gasteiger partial charge in [-0.05, 0) is 36.5 Å². The molecule has 1 aliphatic rings. The van der Waals surface area contributed by atoms with Crippen molar-refractivity contribution in [1.29, 1.82) is 0 Å². The molecule has 1 aromatic heterocycles. The Balaban J connectivity index is 1.56. The van der Waals surface area contributed by atoms with Gasteiger partial charge in [0.1, 0.15) is 10.8 Å². The number of nitrogens with one attached hydrogen (secondary N) is 1. The number of amides is 1. The van der Waals surface area contributed by atoms with Crippen molar-refractivity contribution >= 4 is 22.4 Å². The Bertz CT molecular complexity index is 581. The van der Waals surface area contributed by atoms with E-state index in [2.05, 4.69) is 14.9 Å². The maximum Gasteiger partial charge on any atom is 0.228 e. The third-order valence-electron chi connectivity index (χ3n) is 3.44. The van der Waals surface area contributed by atoms with Crippen LogP contribution < -0.4 is 5.32 Å². The van der Waals surface area contributed by atoms with E-state index in [-0.39, 0.29) is 23.6 Å². The normalized spacial score (nSPS) is 21.7. The maximum atomic E-state index is 13.1. The van der Waals surface area contributed by atoms with Crippen molar-refractivity contribution in [2.75, 3.05) is 5.32 Å². The summed E-state index contributed by atoms with van der Waals surface area (Å²) in [5.41, 5.74) is 0.975. The molecule has 0 unspecified atom stereocenters. The van der Waals surface area contributed by atoms with Crippen molar-refractivity contribution in [2.45, 2.75) is 18.8 Å². The zero-order valence-corrected chi connectivity index (χ0v) is 10.9. The Hall–Kier alpha value is -1.82. The summed E-state index contributed by atoms with van der Waals surface area (Å²) in [7, 11) is 0. The largest absolute Gasteiger partial charge is 0.315 e. The molecule has 1 saturated carbocycles. The minimum absolute atomic E-state index is 0.00120. The second-order valence-corrected chi connectivity index (χ2v) is 5.48. The Morgan fingerprint density at radius 3 is 2.95 bits per heavy atom. The van der Waals surface area contributed by atoms with Crippen LogP contribution in [0.4, 0.5) is 9.39 Å². The molecule has 1 fully saturated rings. The lowest BCUT2D eigenvalue weighted by molar-refractivity contribution is -0.122. The molecular formula is C13H12FN3OS. The van der Waals surface area contributed by atoms with Crippen LogP contribution in [0.15, 0.2) is 30.5 Å². The van der Waals surface area contributed by atoms with Crippen LogP contribution in [-0.4, -0.2) is 15.5 Å². The van der Waals surface area contributed by atoms with Crippen LogP contribution in [0.5, 0.6) is 0 Å². The van der Waals surface area contributed by atoms with E-state index in [1.165, 1.54) is 12.3 Å². The molecule has 4 nitrogen and oxygen atoms in total. The van der Waals surface area contributed by atoms with Gasteiger partial charge in [0.05, 0.1) is 6.20 Å². The molecule has 1 heterocycles. The lowest BCUT2D eigenvalue weighted by Gasteiger charge is -2.34. The van der Waals surface area contributed by atoms with E-state index < -0.39 is 0 Å². The zero-order valence-electron chi connectivity index (χ0n) is 10.0.